The molecule has 3 N–H and O–H groups in total. The maximum Gasteiger partial charge on any atom is 0.255 e. The molecule has 1 aromatic rings. The number of hydrogen-bond acceptors (Lipinski definition) is 5. The normalized spacial score (nSPS) is 20.0. The summed E-state index contributed by atoms with van der Waals surface area (Å²) in [5.41, 5.74) is 8.11. The van der Waals surface area contributed by atoms with Crippen molar-refractivity contribution in [2.75, 3.05) is 19.8 Å². The number of nitrogens with zero attached hydrogens (tertiary/aromatic N) is 1. The zero-order chi connectivity index (χ0) is 17.8. The van der Waals surface area contributed by atoms with E-state index in [0.29, 0.717) is 38.3 Å². The summed E-state index contributed by atoms with van der Waals surface area (Å²) in [5.74, 6) is -0.790. The molecule has 134 valence electrons. The quantitative estimate of drug-likeness (QED) is 0.549. The lowest BCUT2D eigenvalue weighted by molar-refractivity contribution is -0.136. The molecule has 0 spiro atoms. The number of imide groups is 1. The zero-order valence-corrected chi connectivity index (χ0v) is 14.1. The number of nitrogens with one attached hydrogen (secondary N) is 1. The lowest BCUT2D eigenvalue weighted by Crippen LogP contribution is -2.52. The summed E-state index contributed by atoms with van der Waals surface area (Å²) < 4.78 is 5.37. The summed E-state index contributed by atoms with van der Waals surface area (Å²) in [6.07, 6.45) is 2.41. The summed E-state index contributed by atoms with van der Waals surface area (Å²) in [6, 6.07) is 5.25. The maximum absolute atomic E-state index is 12.6. The van der Waals surface area contributed by atoms with Crippen LogP contribution in [-0.2, 0) is 27.3 Å². The van der Waals surface area contributed by atoms with Gasteiger partial charge in [0.2, 0.25) is 11.8 Å². The van der Waals surface area contributed by atoms with Crippen LogP contribution in [0.3, 0.4) is 0 Å². The number of carbonyl (C=O) groups is 3. The predicted octanol–water partition coefficient (Wildman–Crippen LogP) is 0.355. The zero-order valence-electron chi connectivity index (χ0n) is 14.1. The number of hydrogen-bond donors (Lipinski definition) is 2. The molecule has 2 heterocycles. The number of carbonyl (C=O) groups excluding carboxylic acids is 3. The summed E-state index contributed by atoms with van der Waals surface area (Å²) in [6.45, 7) is 2.17. The molecule has 2 aliphatic rings. The second-order valence-electron chi connectivity index (χ2n) is 6.40. The molecular weight excluding hydrogens is 322 g/mol. The first-order chi connectivity index (χ1) is 12.1. The van der Waals surface area contributed by atoms with Gasteiger partial charge in [0, 0.05) is 31.7 Å². The van der Waals surface area contributed by atoms with Crippen LogP contribution in [0.4, 0.5) is 0 Å². The lowest BCUT2D eigenvalue weighted by Gasteiger charge is -2.29. The van der Waals surface area contributed by atoms with E-state index in [9.17, 15) is 14.4 Å². The molecule has 25 heavy (non-hydrogen) atoms. The number of amides is 3. The van der Waals surface area contributed by atoms with Gasteiger partial charge in [-0.1, -0.05) is 12.1 Å². The highest BCUT2D eigenvalue weighted by atomic mass is 16.5. The Balaban J connectivity index is 1.63. The van der Waals surface area contributed by atoms with E-state index in [1.807, 2.05) is 18.2 Å². The Hall–Kier alpha value is -2.25. The van der Waals surface area contributed by atoms with Crippen molar-refractivity contribution in [2.45, 2.75) is 38.3 Å². The smallest absolute Gasteiger partial charge is 0.255 e. The Morgan fingerprint density at radius 2 is 2.08 bits per heavy atom. The van der Waals surface area contributed by atoms with Gasteiger partial charge in [0.25, 0.3) is 5.91 Å². The summed E-state index contributed by atoms with van der Waals surface area (Å²) in [5, 5.41) is 2.32. The van der Waals surface area contributed by atoms with Crippen LogP contribution in [0.25, 0.3) is 0 Å². The first kappa shape index (κ1) is 17.6. The molecule has 1 atom stereocenters. The third-order valence-electron chi connectivity index (χ3n) is 4.60. The van der Waals surface area contributed by atoms with Crippen molar-refractivity contribution in [3.8, 4) is 0 Å². The number of ether oxygens (including phenoxy) is 1. The summed E-state index contributed by atoms with van der Waals surface area (Å²) in [7, 11) is 0. The minimum absolute atomic E-state index is 0.137. The Labute approximate surface area is 146 Å². The van der Waals surface area contributed by atoms with Gasteiger partial charge in [0.15, 0.2) is 0 Å². The van der Waals surface area contributed by atoms with E-state index >= 15 is 0 Å². The molecule has 1 unspecified atom stereocenters. The van der Waals surface area contributed by atoms with Crippen LogP contribution >= 0.6 is 0 Å². The van der Waals surface area contributed by atoms with Gasteiger partial charge in [0.1, 0.15) is 6.04 Å². The lowest BCUT2D eigenvalue weighted by atomic mass is 10.0. The molecule has 1 fully saturated rings. The number of nitrogens with two attached hydrogens (primary N) is 1. The van der Waals surface area contributed by atoms with Crippen molar-refractivity contribution >= 4 is 17.7 Å². The standard InChI is InChI=1S/C18H23N3O4/c19-7-9-25-8-1-2-12-3-4-14-13(10-12)11-21(18(14)24)15-5-6-16(22)20-17(15)23/h3-4,10,15H,1-2,5-9,11,19H2,(H,20,22,23). The van der Waals surface area contributed by atoms with Gasteiger partial charge >= 0.3 is 0 Å². The average Bonchev–Trinajstić information content (AvgIpc) is 2.91. The number of benzene rings is 1. The van der Waals surface area contributed by atoms with Crippen LogP contribution in [0.1, 0.15) is 40.7 Å². The summed E-state index contributed by atoms with van der Waals surface area (Å²) >= 11 is 0. The van der Waals surface area contributed by atoms with Crippen LogP contribution in [-0.4, -0.2) is 48.4 Å². The molecule has 3 amide bonds. The largest absolute Gasteiger partial charge is 0.380 e. The van der Waals surface area contributed by atoms with Gasteiger partial charge < -0.3 is 15.4 Å². The number of fused-ring (bicyclic) bond motifs is 1. The molecule has 0 aliphatic carbocycles. The van der Waals surface area contributed by atoms with E-state index < -0.39 is 6.04 Å². The highest BCUT2D eigenvalue weighted by Crippen LogP contribution is 2.28. The van der Waals surface area contributed by atoms with E-state index in [1.54, 1.807) is 4.90 Å². The molecular formula is C18H23N3O4. The molecule has 2 aliphatic heterocycles. The fourth-order valence-corrected chi connectivity index (χ4v) is 3.35. The van der Waals surface area contributed by atoms with E-state index in [0.717, 1.165) is 24.0 Å². The molecule has 3 rings (SSSR count). The van der Waals surface area contributed by atoms with Crippen LogP contribution in [0.2, 0.25) is 0 Å². The minimum Gasteiger partial charge on any atom is -0.380 e. The predicted molar refractivity (Wildman–Crippen MR) is 90.7 cm³/mol. The van der Waals surface area contributed by atoms with Crippen molar-refractivity contribution in [2.24, 2.45) is 5.73 Å². The molecule has 7 heteroatoms. The van der Waals surface area contributed by atoms with Crippen molar-refractivity contribution < 1.29 is 19.1 Å². The van der Waals surface area contributed by atoms with Crippen LogP contribution in [0, 0.1) is 0 Å². The molecule has 0 radical (unpaired) electrons. The topological polar surface area (TPSA) is 102 Å². The second-order valence-corrected chi connectivity index (χ2v) is 6.40. The molecule has 1 aromatic carbocycles. The van der Waals surface area contributed by atoms with Gasteiger partial charge in [-0.2, -0.15) is 0 Å². The Morgan fingerprint density at radius 3 is 2.84 bits per heavy atom. The fourth-order valence-electron chi connectivity index (χ4n) is 3.35. The highest BCUT2D eigenvalue weighted by molar-refractivity contribution is 6.05. The first-order valence-corrected chi connectivity index (χ1v) is 8.64. The van der Waals surface area contributed by atoms with Crippen LogP contribution in [0.15, 0.2) is 18.2 Å². The van der Waals surface area contributed by atoms with E-state index in [4.69, 9.17) is 10.5 Å². The first-order valence-electron chi connectivity index (χ1n) is 8.64. The Bertz CT molecular complexity index is 689. The highest BCUT2D eigenvalue weighted by Gasteiger charge is 2.38. The molecule has 7 nitrogen and oxygen atoms in total. The molecule has 0 bridgehead atoms. The van der Waals surface area contributed by atoms with Crippen molar-refractivity contribution in [3.63, 3.8) is 0 Å². The van der Waals surface area contributed by atoms with Crippen molar-refractivity contribution in [3.05, 3.63) is 34.9 Å². The van der Waals surface area contributed by atoms with Crippen molar-refractivity contribution in [1.29, 1.82) is 0 Å². The summed E-state index contributed by atoms with van der Waals surface area (Å²) in [4.78, 5) is 37.5. The second kappa shape index (κ2) is 7.76. The van der Waals surface area contributed by atoms with Gasteiger partial charge in [-0.05, 0) is 36.5 Å². The fraction of sp³-hybridized carbons (Fsp3) is 0.500. The Kier molecular flexibility index (Phi) is 5.45. The minimum atomic E-state index is -0.564. The Morgan fingerprint density at radius 1 is 1.24 bits per heavy atom. The van der Waals surface area contributed by atoms with E-state index in [-0.39, 0.29) is 24.1 Å². The number of piperidine rings is 1. The number of aryl methyl sites for hydroxylation is 1. The van der Waals surface area contributed by atoms with Crippen LogP contribution in [0.5, 0.6) is 0 Å². The third-order valence-corrected chi connectivity index (χ3v) is 4.60. The molecule has 0 saturated carbocycles. The van der Waals surface area contributed by atoms with Gasteiger partial charge in [-0.25, -0.2) is 0 Å². The average molecular weight is 345 g/mol. The third kappa shape index (κ3) is 3.88. The van der Waals surface area contributed by atoms with Crippen molar-refractivity contribution in [1.82, 2.24) is 10.2 Å². The van der Waals surface area contributed by atoms with Gasteiger partial charge in [-0.3, -0.25) is 19.7 Å². The SMILES string of the molecule is NCCOCCCc1ccc2c(c1)CN(C1CCC(=O)NC1=O)C2=O. The van der Waals surface area contributed by atoms with E-state index in [2.05, 4.69) is 5.32 Å². The molecule has 1 saturated heterocycles. The van der Waals surface area contributed by atoms with Crippen LogP contribution < -0.4 is 11.1 Å². The van der Waals surface area contributed by atoms with E-state index in [1.165, 1.54) is 0 Å². The maximum atomic E-state index is 12.6. The monoisotopic (exact) mass is 345 g/mol. The van der Waals surface area contributed by atoms with Gasteiger partial charge in [-0.15, -0.1) is 0 Å². The molecule has 0 aromatic heterocycles. The number of rotatable bonds is 7. The van der Waals surface area contributed by atoms with Gasteiger partial charge in [0.05, 0.1) is 6.61 Å².